The number of Topliss-reactive ketones (excluding diaryl/α,β-unsaturated/α-hetero) is 1. The molecule has 1 atom stereocenters. The first kappa shape index (κ1) is 22.1. The van der Waals surface area contributed by atoms with E-state index in [1.165, 1.54) is 31.2 Å². The Labute approximate surface area is 181 Å². The highest BCUT2D eigenvalue weighted by Crippen LogP contribution is 2.33. The third-order valence-electron chi connectivity index (χ3n) is 5.27. The third kappa shape index (κ3) is 4.31. The standard InChI is InChI=1S/C26H24FNO3/c1-18(2)24(30)28(22-12-8-5-9-13-22)25(31)26(3,20-10-6-4-7-11-20)23(29)19-14-16-21(27)17-15-19/h4-18H,1-3H3. The Hall–Kier alpha value is -3.60. The number of para-hydroxylation sites is 1. The van der Waals surface area contributed by atoms with Crippen LogP contribution in [0.5, 0.6) is 0 Å². The van der Waals surface area contributed by atoms with Crippen molar-refractivity contribution in [3.05, 3.63) is 102 Å². The summed E-state index contributed by atoms with van der Waals surface area (Å²) in [6.45, 7) is 4.92. The van der Waals surface area contributed by atoms with Crippen LogP contribution in [0.3, 0.4) is 0 Å². The molecule has 0 aliphatic heterocycles. The van der Waals surface area contributed by atoms with Crippen LogP contribution in [0.15, 0.2) is 84.9 Å². The summed E-state index contributed by atoms with van der Waals surface area (Å²) in [5.74, 6) is -2.53. The van der Waals surface area contributed by atoms with Crippen LogP contribution in [0.2, 0.25) is 0 Å². The van der Waals surface area contributed by atoms with Crippen molar-refractivity contribution in [2.45, 2.75) is 26.2 Å². The number of amides is 2. The minimum absolute atomic E-state index is 0.186. The maximum absolute atomic E-state index is 14.0. The van der Waals surface area contributed by atoms with Gasteiger partial charge in [0.15, 0.2) is 5.78 Å². The molecule has 2 amide bonds. The molecule has 0 aromatic heterocycles. The summed E-state index contributed by atoms with van der Waals surface area (Å²) in [5, 5.41) is 0. The second-order valence-corrected chi connectivity index (χ2v) is 7.80. The van der Waals surface area contributed by atoms with Gasteiger partial charge in [-0.05, 0) is 48.9 Å². The third-order valence-corrected chi connectivity index (χ3v) is 5.27. The van der Waals surface area contributed by atoms with Gasteiger partial charge in [0.2, 0.25) is 5.91 Å². The summed E-state index contributed by atoms with van der Waals surface area (Å²) in [6, 6.07) is 22.2. The maximum Gasteiger partial charge on any atom is 0.252 e. The average Bonchev–Trinajstić information content (AvgIpc) is 2.79. The summed E-state index contributed by atoms with van der Waals surface area (Å²) in [6.07, 6.45) is 0. The van der Waals surface area contributed by atoms with Crippen LogP contribution in [-0.2, 0) is 15.0 Å². The predicted octanol–water partition coefficient (Wildman–Crippen LogP) is 5.18. The number of halogens is 1. The Kier molecular flexibility index (Phi) is 6.44. The molecule has 5 heteroatoms. The molecule has 0 N–H and O–H groups in total. The Morgan fingerprint density at radius 2 is 1.32 bits per heavy atom. The van der Waals surface area contributed by atoms with Gasteiger partial charge in [0, 0.05) is 11.5 Å². The smallest absolute Gasteiger partial charge is 0.252 e. The Balaban J connectivity index is 2.20. The van der Waals surface area contributed by atoms with E-state index in [1.54, 1.807) is 74.5 Å². The highest BCUT2D eigenvalue weighted by molar-refractivity contribution is 6.28. The SMILES string of the molecule is CC(C)C(=O)N(C(=O)C(C)(C(=O)c1ccc(F)cc1)c1ccccc1)c1ccccc1. The molecular weight excluding hydrogens is 393 g/mol. The molecule has 0 heterocycles. The molecule has 158 valence electrons. The monoisotopic (exact) mass is 417 g/mol. The lowest BCUT2D eigenvalue weighted by atomic mass is 9.74. The molecule has 0 saturated heterocycles. The number of rotatable bonds is 6. The second-order valence-electron chi connectivity index (χ2n) is 7.80. The van der Waals surface area contributed by atoms with Crippen LogP contribution < -0.4 is 4.90 Å². The molecule has 0 bridgehead atoms. The number of ketones is 1. The summed E-state index contributed by atoms with van der Waals surface area (Å²) < 4.78 is 13.4. The van der Waals surface area contributed by atoms with Crippen LogP contribution in [0.1, 0.15) is 36.7 Å². The van der Waals surface area contributed by atoms with Gasteiger partial charge in [0.1, 0.15) is 11.2 Å². The quantitative estimate of drug-likeness (QED) is 0.410. The molecule has 0 radical (unpaired) electrons. The van der Waals surface area contributed by atoms with Gasteiger partial charge >= 0.3 is 0 Å². The summed E-state index contributed by atoms with van der Waals surface area (Å²) in [4.78, 5) is 41.9. The van der Waals surface area contributed by atoms with Gasteiger partial charge in [-0.3, -0.25) is 14.4 Å². The van der Waals surface area contributed by atoms with E-state index >= 15 is 0 Å². The summed E-state index contributed by atoms with van der Waals surface area (Å²) in [7, 11) is 0. The topological polar surface area (TPSA) is 54.5 Å². The largest absolute Gasteiger partial charge is 0.293 e. The fourth-order valence-corrected chi connectivity index (χ4v) is 3.42. The molecule has 3 rings (SSSR count). The summed E-state index contributed by atoms with van der Waals surface area (Å²) in [5.41, 5.74) is -0.669. The van der Waals surface area contributed by atoms with Crippen LogP contribution >= 0.6 is 0 Å². The minimum Gasteiger partial charge on any atom is -0.293 e. The first-order valence-corrected chi connectivity index (χ1v) is 10.1. The van der Waals surface area contributed by atoms with Crippen molar-refractivity contribution in [1.29, 1.82) is 0 Å². The van der Waals surface area contributed by atoms with Gasteiger partial charge in [-0.25, -0.2) is 9.29 Å². The van der Waals surface area contributed by atoms with Crippen LogP contribution in [-0.4, -0.2) is 17.6 Å². The van der Waals surface area contributed by atoms with Gasteiger partial charge in [-0.15, -0.1) is 0 Å². The highest BCUT2D eigenvalue weighted by Gasteiger charge is 2.47. The lowest BCUT2D eigenvalue weighted by Gasteiger charge is -2.34. The zero-order chi connectivity index (χ0) is 22.6. The molecule has 0 fully saturated rings. The Morgan fingerprint density at radius 1 is 0.806 bits per heavy atom. The maximum atomic E-state index is 14.0. The Bertz CT molecular complexity index is 1080. The zero-order valence-electron chi connectivity index (χ0n) is 17.7. The fourth-order valence-electron chi connectivity index (χ4n) is 3.42. The number of benzene rings is 3. The van der Waals surface area contributed by atoms with Crippen LogP contribution in [0, 0.1) is 11.7 Å². The van der Waals surface area contributed by atoms with E-state index in [0.717, 1.165) is 4.90 Å². The molecule has 31 heavy (non-hydrogen) atoms. The average molecular weight is 417 g/mol. The number of nitrogens with zero attached hydrogens (tertiary/aromatic N) is 1. The van der Waals surface area contributed by atoms with Crippen molar-refractivity contribution in [1.82, 2.24) is 0 Å². The van der Waals surface area contributed by atoms with E-state index in [9.17, 15) is 18.8 Å². The highest BCUT2D eigenvalue weighted by atomic mass is 19.1. The minimum atomic E-state index is -1.69. The van der Waals surface area contributed by atoms with Crippen molar-refractivity contribution < 1.29 is 18.8 Å². The second kappa shape index (κ2) is 9.04. The number of anilines is 1. The van der Waals surface area contributed by atoms with Crippen LogP contribution in [0.25, 0.3) is 0 Å². The van der Waals surface area contributed by atoms with E-state index < -0.39 is 34.7 Å². The van der Waals surface area contributed by atoms with Crippen molar-refractivity contribution in [3.63, 3.8) is 0 Å². The van der Waals surface area contributed by atoms with E-state index in [4.69, 9.17) is 0 Å². The molecule has 3 aromatic rings. The fraction of sp³-hybridized carbons (Fsp3) is 0.192. The molecule has 0 spiro atoms. The lowest BCUT2D eigenvalue weighted by Crippen LogP contribution is -2.53. The predicted molar refractivity (Wildman–Crippen MR) is 118 cm³/mol. The van der Waals surface area contributed by atoms with Crippen molar-refractivity contribution in [2.24, 2.45) is 5.92 Å². The van der Waals surface area contributed by atoms with Gasteiger partial charge in [-0.2, -0.15) is 0 Å². The Morgan fingerprint density at radius 3 is 1.84 bits per heavy atom. The first-order chi connectivity index (χ1) is 14.8. The number of carbonyl (C=O) groups is 3. The van der Waals surface area contributed by atoms with Gasteiger partial charge < -0.3 is 0 Å². The summed E-state index contributed by atoms with van der Waals surface area (Å²) >= 11 is 0. The van der Waals surface area contributed by atoms with Gasteiger partial charge in [0.05, 0.1) is 5.69 Å². The number of hydrogen-bond acceptors (Lipinski definition) is 3. The number of imide groups is 1. The van der Waals surface area contributed by atoms with Crippen molar-refractivity contribution >= 4 is 23.3 Å². The van der Waals surface area contributed by atoms with Crippen LogP contribution in [0.4, 0.5) is 10.1 Å². The van der Waals surface area contributed by atoms with Crippen molar-refractivity contribution in [2.75, 3.05) is 4.90 Å². The van der Waals surface area contributed by atoms with E-state index in [-0.39, 0.29) is 5.56 Å². The molecule has 1 unspecified atom stereocenters. The number of hydrogen-bond donors (Lipinski definition) is 0. The normalized spacial score (nSPS) is 12.8. The van der Waals surface area contributed by atoms with Crippen molar-refractivity contribution in [3.8, 4) is 0 Å². The molecule has 4 nitrogen and oxygen atoms in total. The molecule has 0 saturated carbocycles. The molecule has 3 aromatic carbocycles. The van der Waals surface area contributed by atoms with E-state index in [2.05, 4.69) is 0 Å². The zero-order valence-corrected chi connectivity index (χ0v) is 17.7. The number of carbonyl (C=O) groups excluding carboxylic acids is 3. The van der Waals surface area contributed by atoms with Gasteiger partial charge in [0.25, 0.3) is 5.91 Å². The molecular formula is C26H24FNO3. The lowest BCUT2D eigenvalue weighted by molar-refractivity contribution is -0.130. The first-order valence-electron chi connectivity index (χ1n) is 10.1. The van der Waals surface area contributed by atoms with E-state index in [0.29, 0.717) is 11.3 Å². The molecule has 0 aliphatic carbocycles. The molecule has 0 aliphatic rings. The van der Waals surface area contributed by atoms with Gasteiger partial charge in [-0.1, -0.05) is 62.4 Å². The van der Waals surface area contributed by atoms with E-state index in [1.807, 2.05) is 0 Å².